The van der Waals surface area contributed by atoms with Crippen LogP contribution in [0.4, 0.5) is 4.79 Å². The summed E-state index contributed by atoms with van der Waals surface area (Å²) in [5.74, 6) is -0.292. The van der Waals surface area contributed by atoms with E-state index in [9.17, 15) is 9.59 Å². The van der Waals surface area contributed by atoms with Gasteiger partial charge in [0.25, 0.3) is 0 Å². The molecule has 0 saturated carbocycles. The van der Waals surface area contributed by atoms with Crippen LogP contribution in [0.3, 0.4) is 0 Å². The van der Waals surface area contributed by atoms with Crippen LogP contribution in [0.2, 0.25) is 0 Å². The Labute approximate surface area is 84.4 Å². The second-order valence-electron chi connectivity index (χ2n) is 3.56. The molecule has 0 fully saturated rings. The van der Waals surface area contributed by atoms with Crippen LogP contribution in [-0.4, -0.2) is 30.2 Å². The van der Waals surface area contributed by atoms with Crippen molar-refractivity contribution in [2.24, 2.45) is 5.92 Å². The lowest BCUT2D eigenvalue weighted by molar-refractivity contribution is -0.139. The first-order valence-electron chi connectivity index (χ1n) is 4.57. The molecule has 0 heterocycles. The summed E-state index contributed by atoms with van der Waals surface area (Å²) in [5.41, 5.74) is 2.37. The van der Waals surface area contributed by atoms with Gasteiger partial charge in [-0.15, -0.1) is 0 Å². The van der Waals surface area contributed by atoms with Crippen molar-refractivity contribution in [3.05, 3.63) is 0 Å². The number of hydrazine groups is 1. The van der Waals surface area contributed by atoms with Gasteiger partial charge in [0.05, 0.1) is 7.11 Å². The van der Waals surface area contributed by atoms with Gasteiger partial charge in [-0.25, -0.2) is 15.2 Å². The molecule has 0 radical (unpaired) electrons. The summed E-state index contributed by atoms with van der Waals surface area (Å²) in [6, 6.07) is -0.0935. The quantitative estimate of drug-likeness (QED) is 0.683. The van der Waals surface area contributed by atoms with Crippen molar-refractivity contribution in [1.82, 2.24) is 10.4 Å². The summed E-state index contributed by atoms with van der Waals surface area (Å²) in [6.07, 6.45) is -0.632. The Hall–Kier alpha value is -1.26. The topological polar surface area (TPSA) is 58.6 Å². The van der Waals surface area contributed by atoms with Gasteiger partial charge in [0.15, 0.2) is 0 Å². The molecule has 0 bridgehead atoms. The Bertz CT molecular complexity index is 214. The fraction of sp³-hybridized carbons (Fsp3) is 0.778. The van der Waals surface area contributed by atoms with E-state index in [0.29, 0.717) is 0 Å². The van der Waals surface area contributed by atoms with Crippen LogP contribution < -0.4 is 5.43 Å². The number of ether oxygens (including phenoxy) is 1. The molecule has 0 aromatic rings. The van der Waals surface area contributed by atoms with Crippen molar-refractivity contribution in [2.75, 3.05) is 7.11 Å². The van der Waals surface area contributed by atoms with Crippen molar-refractivity contribution in [3.8, 4) is 0 Å². The minimum Gasteiger partial charge on any atom is -0.452 e. The molecule has 0 aromatic heterocycles. The second-order valence-corrected chi connectivity index (χ2v) is 3.56. The van der Waals surface area contributed by atoms with Gasteiger partial charge in [-0.1, -0.05) is 13.8 Å². The summed E-state index contributed by atoms with van der Waals surface area (Å²) >= 11 is 0. The molecule has 5 nitrogen and oxygen atoms in total. The number of nitrogens with one attached hydrogen (secondary N) is 1. The highest BCUT2D eigenvalue weighted by Crippen LogP contribution is 2.03. The normalized spacial score (nSPS) is 10.2. The second kappa shape index (κ2) is 5.47. The monoisotopic (exact) mass is 202 g/mol. The Kier molecular flexibility index (Phi) is 4.97. The minimum atomic E-state index is -0.632. The third-order valence-corrected chi connectivity index (χ3v) is 1.64. The lowest BCUT2D eigenvalue weighted by Crippen LogP contribution is -2.51. The van der Waals surface area contributed by atoms with Gasteiger partial charge in [0.1, 0.15) is 0 Å². The largest absolute Gasteiger partial charge is 0.452 e. The molecule has 0 saturated heterocycles. The molecule has 0 rings (SSSR count). The van der Waals surface area contributed by atoms with E-state index in [2.05, 4.69) is 10.2 Å². The van der Waals surface area contributed by atoms with Gasteiger partial charge in [-0.2, -0.15) is 0 Å². The smallest absolute Gasteiger partial charge is 0.425 e. The fourth-order valence-corrected chi connectivity index (χ4v) is 0.861. The molecular formula is C9H18N2O3. The number of rotatable bonds is 2. The molecule has 0 aromatic carbocycles. The third-order valence-electron chi connectivity index (χ3n) is 1.64. The number of hydrogen-bond donors (Lipinski definition) is 1. The molecule has 0 spiro atoms. The lowest BCUT2D eigenvalue weighted by atomic mass is 10.2. The zero-order valence-electron chi connectivity index (χ0n) is 9.33. The lowest BCUT2D eigenvalue weighted by Gasteiger charge is -2.27. The Morgan fingerprint density at radius 3 is 2.00 bits per heavy atom. The molecule has 0 aliphatic rings. The SMILES string of the molecule is COC(=O)NN(C(=O)C(C)C)C(C)C. The first-order valence-corrected chi connectivity index (χ1v) is 4.57. The first-order chi connectivity index (χ1) is 6.40. The van der Waals surface area contributed by atoms with E-state index in [1.54, 1.807) is 13.8 Å². The molecule has 0 unspecified atom stereocenters. The number of hydrogen-bond acceptors (Lipinski definition) is 3. The van der Waals surface area contributed by atoms with Crippen LogP contribution in [0.1, 0.15) is 27.7 Å². The molecule has 0 aliphatic carbocycles. The van der Waals surface area contributed by atoms with Crippen molar-refractivity contribution < 1.29 is 14.3 Å². The van der Waals surface area contributed by atoms with Crippen LogP contribution in [0.25, 0.3) is 0 Å². The predicted molar refractivity (Wildman–Crippen MR) is 52.4 cm³/mol. The predicted octanol–water partition coefficient (Wildman–Crippen LogP) is 1.15. The molecule has 82 valence electrons. The summed E-state index contributed by atoms with van der Waals surface area (Å²) in [4.78, 5) is 22.5. The van der Waals surface area contributed by atoms with Crippen LogP contribution in [-0.2, 0) is 9.53 Å². The average molecular weight is 202 g/mol. The fourth-order valence-electron chi connectivity index (χ4n) is 0.861. The molecule has 5 heteroatoms. The summed E-state index contributed by atoms with van der Waals surface area (Å²) in [5, 5.41) is 1.27. The van der Waals surface area contributed by atoms with Crippen LogP contribution in [0, 0.1) is 5.92 Å². The molecule has 0 aliphatic heterocycles. The van der Waals surface area contributed by atoms with Crippen molar-refractivity contribution in [2.45, 2.75) is 33.7 Å². The highest BCUT2D eigenvalue weighted by atomic mass is 16.5. The Morgan fingerprint density at radius 2 is 1.71 bits per heavy atom. The number of methoxy groups -OCH3 is 1. The Balaban J connectivity index is 4.45. The van der Waals surface area contributed by atoms with Gasteiger partial charge < -0.3 is 4.74 Å². The molecule has 2 amide bonds. The van der Waals surface area contributed by atoms with E-state index in [1.165, 1.54) is 12.1 Å². The van der Waals surface area contributed by atoms with E-state index < -0.39 is 6.09 Å². The molecular weight excluding hydrogens is 184 g/mol. The van der Waals surface area contributed by atoms with Crippen LogP contribution in [0.15, 0.2) is 0 Å². The van der Waals surface area contributed by atoms with Gasteiger partial charge in [0.2, 0.25) is 5.91 Å². The van der Waals surface area contributed by atoms with E-state index in [4.69, 9.17) is 0 Å². The average Bonchev–Trinajstić information content (AvgIpc) is 2.11. The minimum absolute atomic E-state index is 0.0935. The highest BCUT2D eigenvalue weighted by Gasteiger charge is 2.21. The summed E-state index contributed by atoms with van der Waals surface area (Å²) in [7, 11) is 1.26. The van der Waals surface area contributed by atoms with Crippen molar-refractivity contribution in [1.29, 1.82) is 0 Å². The van der Waals surface area contributed by atoms with Crippen LogP contribution in [0.5, 0.6) is 0 Å². The summed E-state index contributed by atoms with van der Waals surface area (Å²) in [6.45, 7) is 7.18. The van der Waals surface area contributed by atoms with Crippen molar-refractivity contribution >= 4 is 12.0 Å². The summed E-state index contributed by atoms with van der Waals surface area (Å²) < 4.78 is 4.42. The zero-order chi connectivity index (χ0) is 11.3. The molecule has 14 heavy (non-hydrogen) atoms. The molecule has 0 atom stereocenters. The number of carbonyl (C=O) groups is 2. The van der Waals surface area contributed by atoms with Gasteiger partial charge in [0, 0.05) is 12.0 Å². The van der Waals surface area contributed by atoms with Crippen molar-refractivity contribution in [3.63, 3.8) is 0 Å². The maximum Gasteiger partial charge on any atom is 0.425 e. The number of carbonyl (C=O) groups excluding carboxylic acids is 2. The van der Waals surface area contributed by atoms with Gasteiger partial charge >= 0.3 is 6.09 Å². The Morgan fingerprint density at radius 1 is 1.21 bits per heavy atom. The number of amides is 2. The van der Waals surface area contributed by atoms with Crippen LogP contribution >= 0.6 is 0 Å². The van der Waals surface area contributed by atoms with E-state index in [-0.39, 0.29) is 17.9 Å². The van der Waals surface area contributed by atoms with E-state index in [0.717, 1.165) is 0 Å². The molecule has 1 N–H and O–H groups in total. The van der Waals surface area contributed by atoms with E-state index in [1.807, 2.05) is 13.8 Å². The zero-order valence-corrected chi connectivity index (χ0v) is 9.33. The maximum atomic E-state index is 11.6. The van der Waals surface area contributed by atoms with Gasteiger partial charge in [-0.05, 0) is 13.8 Å². The highest BCUT2D eigenvalue weighted by molar-refractivity contribution is 5.80. The van der Waals surface area contributed by atoms with Gasteiger partial charge in [-0.3, -0.25) is 4.79 Å². The van der Waals surface area contributed by atoms with E-state index >= 15 is 0 Å². The maximum absolute atomic E-state index is 11.6. The first kappa shape index (κ1) is 12.7. The standard InChI is InChI=1S/C9H18N2O3/c1-6(2)8(12)11(7(3)4)10-9(13)14-5/h6-7H,1-5H3,(H,10,13). The number of nitrogens with zero attached hydrogens (tertiary/aromatic N) is 1. The third kappa shape index (κ3) is 3.64.